The van der Waals surface area contributed by atoms with E-state index in [0.29, 0.717) is 12.4 Å². The minimum absolute atomic E-state index is 0.346. The van der Waals surface area contributed by atoms with Crippen molar-refractivity contribution in [2.45, 2.75) is 58.7 Å². The average molecular weight is 306 g/mol. The lowest BCUT2D eigenvalue weighted by Crippen LogP contribution is -2.41. The topological polar surface area (TPSA) is 36.9 Å². The van der Waals surface area contributed by atoms with E-state index in [1.165, 1.54) is 0 Å². The molecule has 1 aliphatic rings. The molecule has 2 rings (SSSR count). The first kappa shape index (κ1) is 17.2. The van der Waals surface area contributed by atoms with E-state index in [0.717, 1.165) is 24.1 Å². The molecule has 0 amide bonds. The molecular formula is C17H27BO4. The second kappa shape index (κ2) is 6.51. The van der Waals surface area contributed by atoms with E-state index < -0.39 is 0 Å². The molecule has 1 aliphatic heterocycles. The third-order valence-corrected chi connectivity index (χ3v) is 4.47. The number of hydrogen-bond donors (Lipinski definition) is 0. The predicted octanol–water partition coefficient (Wildman–Crippen LogP) is 3.17. The summed E-state index contributed by atoms with van der Waals surface area (Å²) in [6, 6.07) is 5.84. The van der Waals surface area contributed by atoms with Crippen molar-refractivity contribution >= 4 is 12.6 Å². The molecule has 22 heavy (non-hydrogen) atoms. The Kier molecular flexibility index (Phi) is 5.08. The zero-order valence-electron chi connectivity index (χ0n) is 14.6. The maximum Gasteiger partial charge on any atom is 0.494 e. The molecule has 1 aromatic carbocycles. The van der Waals surface area contributed by atoms with Gasteiger partial charge in [0.1, 0.15) is 0 Å². The molecule has 0 aromatic heterocycles. The summed E-state index contributed by atoms with van der Waals surface area (Å²) in [6.45, 7) is 11.0. The Morgan fingerprint density at radius 2 is 1.68 bits per heavy atom. The highest BCUT2D eigenvalue weighted by atomic mass is 16.7. The summed E-state index contributed by atoms with van der Waals surface area (Å²) in [5, 5.41) is 0. The molecular weight excluding hydrogens is 279 g/mol. The van der Waals surface area contributed by atoms with Crippen LogP contribution in [-0.4, -0.2) is 32.0 Å². The molecule has 0 spiro atoms. The molecule has 4 nitrogen and oxygen atoms in total. The largest absolute Gasteiger partial charge is 0.494 e. The van der Waals surface area contributed by atoms with Crippen LogP contribution in [0.5, 0.6) is 11.5 Å². The third kappa shape index (κ3) is 3.41. The zero-order chi connectivity index (χ0) is 16.4. The summed E-state index contributed by atoms with van der Waals surface area (Å²) < 4.78 is 23.3. The van der Waals surface area contributed by atoms with E-state index in [-0.39, 0.29) is 18.3 Å². The van der Waals surface area contributed by atoms with E-state index in [1.54, 1.807) is 7.11 Å². The Morgan fingerprint density at radius 3 is 2.23 bits per heavy atom. The Labute approximate surface area is 134 Å². The van der Waals surface area contributed by atoms with Crippen molar-refractivity contribution in [1.29, 1.82) is 0 Å². The lowest BCUT2D eigenvalue weighted by Gasteiger charge is -2.32. The van der Waals surface area contributed by atoms with E-state index in [9.17, 15) is 0 Å². The Bertz CT molecular complexity index is 497. The molecule has 0 N–H and O–H groups in total. The summed E-state index contributed by atoms with van der Waals surface area (Å²) in [7, 11) is 1.26. The Balaban J connectivity index is 2.16. The van der Waals surface area contributed by atoms with E-state index in [2.05, 4.69) is 6.92 Å². The van der Waals surface area contributed by atoms with Gasteiger partial charge in [-0.3, -0.25) is 0 Å². The molecule has 1 aromatic rings. The fourth-order valence-corrected chi connectivity index (χ4v) is 2.26. The van der Waals surface area contributed by atoms with Gasteiger partial charge in [-0.25, -0.2) is 0 Å². The monoisotopic (exact) mass is 306 g/mol. The number of unbranched alkanes of at least 4 members (excludes halogenated alkanes) is 1. The maximum absolute atomic E-state index is 6.07. The second-order valence-corrected chi connectivity index (χ2v) is 6.70. The minimum Gasteiger partial charge on any atom is -0.493 e. The molecule has 0 radical (unpaired) electrons. The molecule has 122 valence electrons. The van der Waals surface area contributed by atoms with Crippen LogP contribution in [0.1, 0.15) is 47.5 Å². The quantitative estimate of drug-likeness (QED) is 0.597. The first-order valence-corrected chi connectivity index (χ1v) is 7.97. The predicted molar refractivity (Wildman–Crippen MR) is 89.1 cm³/mol. The van der Waals surface area contributed by atoms with Gasteiger partial charge < -0.3 is 18.8 Å². The number of ether oxygens (including phenoxy) is 2. The lowest BCUT2D eigenvalue weighted by molar-refractivity contribution is 0.00578. The van der Waals surface area contributed by atoms with Crippen molar-refractivity contribution < 1.29 is 18.8 Å². The molecule has 0 atom stereocenters. The van der Waals surface area contributed by atoms with Crippen molar-refractivity contribution in [2.24, 2.45) is 0 Å². The molecule has 1 saturated heterocycles. The van der Waals surface area contributed by atoms with Crippen molar-refractivity contribution in [3.8, 4) is 11.5 Å². The van der Waals surface area contributed by atoms with Crippen LogP contribution in [0, 0.1) is 0 Å². The highest BCUT2D eigenvalue weighted by molar-refractivity contribution is 6.62. The van der Waals surface area contributed by atoms with Gasteiger partial charge in [-0.15, -0.1) is 0 Å². The molecule has 0 saturated carbocycles. The van der Waals surface area contributed by atoms with Crippen LogP contribution in [0.3, 0.4) is 0 Å². The molecule has 1 heterocycles. The standard InChI is InChI=1S/C17H27BO4/c1-7-8-11-20-14-10-9-13(12-15(14)19-6)18-21-16(2,3)17(4,5)22-18/h9-10,12H,7-8,11H2,1-6H3. The third-order valence-electron chi connectivity index (χ3n) is 4.47. The van der Waals surface area contributed by atoms with E-state index in [4.69, 9.17) is 18.8 Å². The average Bonchev–Trinajstić information content (AvgIpc) is 2.68. The van der Waals surface area contributed by atoms with Crippen LogP contribution in [0.15, 0.2) is 18.2 Å². The van der Waals surface area contributed by atoms with Gasteiger partial charge in [-0.1, -0.05) is 19.4 Å². The summed E-state index contributed by atoms with van der Waals surface area (Å²) in [5.41, 5.74) is 0.251. The maximum atomic E-state index is 6.07. The molecule has 1 fully saturated rings. The van der Waals surface area contributed by atoms with Gasteiger partial charge in [0.15, 0.2) is 11.5 Å². The highest BCUT2D eigenvalue weighted by Gasteiger charge is 2.51. The highest BCUT2D eigenvalue weighted by Crippen LogP contribution is 2.37. The van der Waals surface area contributed by atoms with Gasteiger partial charge in [0.25, 0.3) is 0 Å². The minimum atomic E-state index is -0.386. The number of hydrogen-bond acceptors (Lipinski definition) is 4. The molecule has 0 bridgehead atoms. The number of methoxy groups -OCH3 is 1. The van der Waals surface area contributed by atoms with Crippen LogP contribution in [0.25, 0.3) is 0 Å². The Morgan fingerprint density at radius 1 is 1.05 bits per heavy atom. The van der Waals surface area contributed by atoms with Crippen LogP contribution >= 0.6 is 0 Å². The Hall–Kier alpha value is -1.20. The smallest absolute Gasteiger partial charge is 0.493 e. The van der Waals surface area contributed by atoms with Crippen LogP contribution in [0.2, 0.25) is 0 Å². The molecule has 0 aliphatic carbocycles. The normalized spacial score (nSPS) is 19.3. The fraction of sp³-hybridized carbons (Fsp3) is 0.647. The van der Waals surface area contributed by atoms with E-state index >= 15 is 0 Å². The second-order valence-electron chi connectivity index (χ2n) is 6.70. The fourth-order valence-electron chi connectivity index (χ4n) is 2.26. The van der Waals surface area contributed by atoms with Crippen LogP contribution in [0.4, 0.5) is 0 Å². The first-order valence-electron chi connectivity index (χ1n) is 7.97. The van der Waals surface area contributed by atoms with Crippen molar-refractivity contribution in [3.05, 3.63) is 18.2 Å². The van der Waals surface area contributed by atoms with Gasteiger partial charge in [0.05, 0.1) is 24.9 Å². The van der Waals surface area contributed by atoms with E-state index in [1.807, 2.05) is 45.9 Å². The van der Waals surface area contributed by atoms with Crippen molar-refractivity contribution in [2.75, 3.05) is 13.7 Å². The first-order chi connectivity index (χ1) is 10.3. The van der Waals surface area contributed by atoms with Gasteiger partial charge in [0, 0.05) is 0 Å². The summed E-state index contributed by atoms with van der Waals surface area (Å²) in [6.07, 6.45) is 2.14. The zero-order valence-corrected chi connectivity index (χ0v) is 14.6. The molecule has 5 heteroatoms. The van der Waals surface area contributed by atoms with Crippen molar-refractivity contribution in [3.63, 3.8) is 0 Å². The SMILES string of the molecule is CCCCOc1ccc(B2OC(C)(C)C(C)(C)O2)cc1OC. The van der Waals surface area contributed by atoms with Gasteiger partial charge in [-0.05, 0) is 51.7 Å². The molecule has 0 unspecified atom stereocenters. The summed E-state index contributed by atoms with van der Waals surface area (Å²) in [5.74, 6) is 1.47. The van der Waals surface area contributed by atoms with Gasteiger partial charge in [-0.2, -0.15) is 0 Å². The lowest BCUT2D eigenvalue weighted by atomic mass is 9.79. The van der Waals surface area contributed by atoms with Crippen molar-refractivity contribution in [1.82, 2.24) is 0 Å². The van der Waals surface area contributed by atoms with Crippen LogP contribution < -0.4 is 14.9 Å². The summed E-state index contributed by atoms with van der Waals surface area (Å²) >= 11 is 0. The van der Waals surface area contributed by atoms with Crippen LogP contribution in [-0.2, 0) is 9.31 Å². The van der Waals surface area contributed by atoms with Gasteiger partial charge >= 0.3 is 7.12 Å². The van der Waals surface area contributed by atoms with Gasteiger partial charge in [0.2, 0.25) is 0 Å². The summed E-state index contributed by atoms with van der Waals surface area (Å²) in [4.78, 5) is 0. The number of rotatable bonds is 6. The number of benzene rings is 1.